The summed E-state index contributed by atoms with van der Waals surface area (Å²) in [5, 5.41) is 16.2. The molecular weight excluding hydrogens is 543 g/mol. The van der Waals surface area contributed by atoms with Crippen LogP contribution in [0.1, 0.15) is 32.1 Å². The fourth-order valence-corrected chi connectivity index (χ4v) is 5.60. The summed E-state index contributed by atoms with van der Waals surface area (Å²) in [6.45, 7) is 11.2. The largest absolute Gasteiger partial charge is 0.314 e. The molecule has 2 heterocycles. The summed E-state index contributed by atoms with van der Waals surface area (Å²) in [6, 6.07) is 0. The van der Waals surface area contributed by atoms with Crippen LogP contribution in [0.5, 0.6) is 0 Å². The van der Waals surface area contributed by atoms with Crippen LogP contribution in [0.25, 0.3) is 0 Å². The number of nitrogens with one attached hydrogen (secondary N) is 2. The van der Waals surface area contributed by atoms with Crippen molar-refractivity contribution < 1.29 is 14.4 Å². The van der Waals surface area contributed by atoms with Crippen molar-refractivity contribution in [3.8, 4) is 0 Å². The third-order valence-electron chi connectivity index (χ3n) is 6.90. The zero-order chi connectivity index (χ0) is 28.4. The third kappa shape index (κ3) is 9.73. The topological polar surface area (TPSA) is 100 Å². The number of hydrazine groups is 2. The van der Waals surface area contributed by atoms with E-state index in [4.69, 9.17) is 11.6 Å². The fraction of sp³-hybridized carbons (Fsp3) is 0.577. The van der Waals surface area contributed by atoms with Gasteiger partial charge in [0.15, 0.2) is 11.6 Å². The molecule has 0 aromatic carbocycles. The lowest BCUT2D eigenvalue weighted by Crippen LogP contribution is -2.54. The first-order valence-corrected chi connectivity index (χ1v) is 14.5. The van der Waals surface area contributed by atoms with E-state index in [9.17, 15) is 10.0 Å². The molecule has 3 rings (SSSR count). The minimum absolute atomic E-state index is 0.0108. The lowest BCUT2D eigenvalue weighted by Gasteiger charge is -2.41. The number of rotatable bonds is 14. The van der Waals surface area contributed by atoms with Gasteiger partial charge < -0.3 is 10.1 Å². The van der Waals surface area contributed by atoms with Gasteiger partial charge in [-0.1, -0.05) is 51.0 Å². The molecule has 1 aromatic rings. The standard InChI is InChI=1S/C26H40ClFN8O2S/c1-5-6-15-39-19(2)17-36(35-13-11-33(3)12-14-35)24-22(28)23(29-26(27)30-24)31-32-25(37)21(18-34(4)38)16-20-9-7-8-10-20/h5-6,15,20-21,38H,1-2,7-14,16-18H2,3-4H3,(H,32,37)(H,29,30,31)/b15-6-/t21-/m1/s1. The highest BCUT2D eigenvalue weighted by molar-refractivity contribution is 8.05. The second-order valence-electron chi connectivity index (χ2n) is 10.1. The van der Waals surface area contributed by atoms with Gasteiger partial charge in [-0.05, 0) is 36.4 Å². The van der Waals surface area contributed by atoms with E-state index in [0.29, 0.717) is 25.4 Å². The molecule has 1 amide bonds. The Morgan fingerprint density at radius 2 is 2.00 bits per heavy atom. The zero-order valence-electron chi connectivity index (χ0n) is 22.8. The molecule has 13 heteroatoms. The number of halogens is 2. The molecule has 2 fully saturated rings. The molecule has 1 saturated heterocycles. The van der Waals surface area contributed by atoms with Gasteiger partial charge in [-0.2, -0.15) is 19.4 Å². The molecule has 0 radical (unpaired) electrons. The van der Waals surface area contributed by atoms with E-state index in [1.807, 2.05) is 17.5 Å². The van der Waals surface area contributed by atoms with Gasteiger partial charge in [0, 0.05) is 44.7 Å². The van der Waals surface area contributed by atoms with Crippen LogP contribution in [0.3, 0.4) is 0 Å². The molecular formula is C26H40ClFN8O2S. The second-order valence-corrected chi connectivity index (χ2v) is 11.5. The Hall–Kier alpha value is -2.22. The number of allylic oxidation sites excluding steroid dienone is 2. The summed E-state index contributed by atoms with van der Waals surface area (Å²) in [5.74, 6) is -1.39. The molecule has 0 bridgehead atoms. The van der Waals surface area contributed by atoms with Crippen molar-refractivity contribution in [1.29, 1.82) is 0 Å². The average Bonchev–Trinajstić information content (AvgIpc) is 3.41. The van der Waals surface area contributed by atoms with Crippen LogP contribution in [-0.4, -0.2) is 89.4 Å². The highest BCUT2D eigenvalue weighted by Gasteiger charge is 2.29. The zero-order valence-corrected chi connectivity index (χ0v) is 24.4. The van der Waals surface area contributed by atoms with Gasteiger partial charge in [-0.25, -0.2) is 5.01 Å². The van der Waals surface area contributed by atoms with Gasteiger partial charge in [0.1, 0.15) is 0 Å². The number of carbonyl (C=O) groups excluding carboxylic acids is 1. The van der Waals surface area contributed by atoms with Crippen molar-refractivity contribution in [3.05, 3.63) is 46.7 Å². The van der Waals surface area contributed by atoms with Crippen molar-refractivity contribution in [2.24, 2.45) is 11.8 Å². The molecule has 2 aliphatic rings. The van der Waals surface area contributed by atoms with E-state index in [-0.39, 0.29) is 35.9 Å². The SMILES string of the molecule is C=C/C=C\SC(=C)CN(c1nc(Cl)nc(NNC(=O)[C@H](CC2CCCC2)CN(C)O)c1F)N1CCN(C)CC1. The normalized spacial score (nSPS) is 18.0. The van der Waals surface area contributed by atoms with Crippen LogP contribution < -0.4 is 15.9 Å². The van der Waals surface area contributed by atoms with E-state index < -0.39 is 11.7 Å². The average molecular weight is 583 g/mol. The third-order valence-corrected chi connectivity index (χ3v) is 7.82. The molecule has 39 heavy (non-hydrogen) atoms. The van der Waals surface area contributed by atoms with Crippen LogP contribution in [0.2, 0.25) is 5.28 Å². The maximum atomic E-state index is 15.9. The number of likely N-dealkylation sites (N-methyl/N-ethyl adjacent to an activating group) is 1. The number of thioether (sulfide) groups is 1. The maximum Gasteiger partial charge on any atom is 0.242 e. The lowest BCUT2D eigenvalue weighted by atomic mass is 9.92. The summed E-state index contributed by atoms with van der Waals surface area (Å²) in [7, 11) is 3.54. The first-order chi connectivity index (χ1) is 18.7. The van der Waals surface area contributed by atoms with E-state index in [0.717, 1.165) is 48.7 Å². The fourth-order valence-electron chi connectivity index (χ4n) is 4.86. The second kappa shape index (κ2) is 15.5. The van der Waals surface area contributed by atoms with Crippen LogP contribution in [0.15, 0.2) is 35.6 Å². The molecule has 3 N–H and O–H groups in total. The minimum Gasteiger partial charge on any atom is -0.314 e. The number of nitrogens with zero attached hydrogens (tertiary/aromatic N) is 6. The Kier molecular flexibility index (Phi) is 12.5. The molecule has 1 aliphatic heterocycles. The number of hydrogen-bond acceptors (Lipinski definition) is 10. The minimum atomic E-state index is -0.746. The van der Waals surface area contributed by atoms with Gasteiger partial charge >= 0.3 is 0 Å². The van der Waals surface area contributed by atoms with Gasteiger partial charge in [0.2, 0.25) is 17.0 Å². The molecule has 0 spiro atoms. The van der Waals surface area contributed by atoms with Crippen LogP contribution in [0.4, 0.5) is 16.0 Å². The molecule has 1 aromatic heterocycles. The first-order valence-electron chi connectivity index (χ1n) is 13.2. The van der Waals surface area contributed by atoms with E-state index in [2.05, 4.69) is 38.9 Å². The Balaban J connectivity index is 1.79. The van der Waals surface area contributed by atoms with Crippen molar-refractivity contribution in [1.82, 2.24) is 30.4 Å². The summed E-state index contributed by atoms with van der Waals surface area (Å²) >= 11 is 7.66. The van der Waals surface area contributed by atoms with E-state index >= 15 is 4.39 Å². The molecule has 0 unspecified atom stereocenters. The summed E-state index contributed by atoms with van der Waals surface area (Å²) in [6.07, 6.45) is 8.57. The highest BCUT2D eigenvalue weighted by atomic mass is 35.5. The van der Waals surface area contributed by atoms with Crippen LogP contribution >= 0.6 is 23.4 Å². The Morgan fingerprint density at radius 3 is 2.64 bits per heavy atom. The van der Waals surface area contributed by atoms with Crippen LogP contribution in [-0.2, 0) is 4.79 Å². The van der Waals surface area contributed by atoms with Crippen molar-refractivity contribution in [2.75, 3.05) is 63.8 Å². The monoisotopic (exact) mass is 582 g/mol. The predicted octanol–water partition coefficient (Wildman–Crippen LogP) is 4.15. The Bertz CT molecular complexity index is 1020. The number of hydrogen-bond donors (Lipinski definition) is 3. The molecule has 1 saturated carbocycles. The van der Waals surface area contributed by atoms with Crippen molar-refractivity contribution in [2.45, 2.75) is 32.1 Å². The number of hydroxylamine groups is 2. The smallest absolute Gasteiger partial charge is 0.242 e. The van der Waals surface area contributed by atoms with Gasteiger partial charge in [-0.3, -0.25) is 20.7 Å². The molecule has 1 aliphatic carbocycles. The molecule has 216 valence electrons. The Morgan fingerprint density at radius 1 is 1.31 bits per heavy atom. The van der Waals surface area contributed by atoms with Crippen LogP contribution in [0, 0.1) is 17.7 Å². The predicted molar refractivity (Wildman–Crippen MR) is 156 cm³/mol. The number of amides is 1. The van der Waals surface area contributed by atoms with Gasteiger partial charge in [-0.15, -0.1) is 11.8 Å². The maximum absolute atomic E-state index is 15.9. The van der Waals surface area contributed by atoms with E-state index in [1.54, 1.807) is 17.2 Å². The lowest BCUT2D eigenvalue weighted by molar-refractivity contribution is -0.131. The molecule has 10 nitrogen and oxygen atoms in total. The van der Waals surface area contributed by atoms with Crippen molar-refractivity contribution in [3.63, 3.8) is 0 Å². The number of anilines is 2. The van der Waals surface area contributed by atoms with Gasteiger partial charge in [0.05, 0.1) is 12.5 Å². The number of carbonyl (C=O) groups is 1. The number of piperazine rings is 1. The summed E-state index contributed by atoms with van der Waals surface area (Å²) < 4.78 is 15.9. The first kappa shape index (κ1) is 31.3. The highest BCUT2D eigenvalue weighted by Crippen LogP contribution is 2.31. The Labute approximate surface area is 239 Å². The number of aromatic nitrogens is 2. The molecule has 1 atom stereocenters. The summed E-state index contributed by atoms with van der Waals surface area (Å²) in [4.78, 5) is 24.2. The van der Waals surface area contributed by atoms with Crippen molar-refractivity contribution >= 4 is 40.9 Å². The quantitative estimate of drug-likeness (QED) is 0.168. The van der Waals surface area contributed by atoms with E-state index in [1.165, 1.54) is 18.8 Å². The van der Waals surface area contributed by atoms with Gasteiger partial charge in [0.25, 0.3) is 0 Å². The summed E-state index contributed by atoms with van der Waals surface area (Å²) in [5.41, 5.74) is 5.20.